The van der Waals surface area contributed by atoms with Crippen molar-refractivity contribution in [1.82, 2.24) is 9.55 Å². The number of aromatic nitrogens is 2. The molecular formula is C23H19N3O4S. The summed E-state index contributed by atoms with van der Waals surface area (Å²) in [7, 11) is 0. The molecule has 7 nitrogen and oxygen atoms in total. The molecule has 1 N–H and O–H groups in total. The number of para-hydroxylation sites is 1. The van der Waals surface area contributed by atoms with Gasteiger partial charge in [0.1, 0.15) is 10.6 Å². The van der Waals surface area contributed by atoms with Gasteiger partial charge in [0.15, 0.2) is 5.13 Å². The molecule has 0 fully saturated rings. The molecule has 2 heterocycles. The predicted octanol–water partition coefficient (Wildman–Crippen LogP) is 4.85. The van der Waals surface area contributed by atoms with Crippen LogP contribution in [-0.2, 0) is 4.74 Å². The number of nitrogens with zero attached hydrogens (tertiary/aromatic N) is 2. The zero-order valence-corrected chi connectivity index (χ0v) is 17.7. The Morgan fingerprint density at radius 3 is 2.48 bits per heavy atom. The number of nitrogens with one attached hydrogen (secondary N) is 1. The number of anilines is 1. The van der Waals surface area contributed by atoms with Gasteiger partial charge < -0.3 is 4.74 Å². The first-order valence-corrected chi connectivity index (χ1v) is 10.5. The standard InChI is InChI=1S/C23H19N3O4S/c1-3-30-22(29)20-19(15-9-5-4-6-10-15)24-23(31-20)25-21(28)18-13-16-11-7-8-12-17(16)26(18)14(2)27/h4-13H,3H2,1-2H3,(H,24,25,28). The molecule has 0 spiro atoms. The van der Waals surface area contributed by atoms with Gasteiger partial charge in [0, 0.05) is 17.9 Å². The minimum absolute atomic E-state index is 0.197. The van der Waals surface area contributed by atoms with E-state index in [0.29, 0.717) is 16.1 Å². The molecule has 1 amide bonds. The number of hydrogen-bond acceptors (Lipinski definition) is 6. The maximum absolute atomic E-state index is 13.0. The fraction of sp³-hybridized carbons (Fsp3) is 0.130. The average Bonchev–Trinajstić information content (AvgIpc) is 3.36. The van der Waals surface area contributed by atoms with Crippen LogP contribution in [0.25, 0.3) is 22.2 Å². The fourth-order valence-electron chi connectivity index (χ4n) is 3.32. The summed E-state index contributed by atoms with van der Waals surface area (Å²) in [4.78, 5) is 42.5. The van der Waals surface area contributed by atoms with Crippen molar-refractivity contribution in [2.75, 3.05) is 11.9 Å². The Morgan fingerprint density at radius 2 is 1.77 bits per heavy atom. The van der Waals surface area contributed by atoms with E-state index in [4.69, 9.17) is 4.74 Å². The van der Waals surface area contributed by atoms with Gasteiger partial charge in [0.25, 0.3) is 5.91 Å². The van der Waals surface area contributed by atoms with Crippen LogP contribution in [0, 0.1) is 0 Å². The number of carbonyl (C=O) groups is 3. The molecule has 0 unspecified atom stereocenters. The Kier molecular flexibility index (Phi) is 5.64. The van der Waals surface area contributed by atoms with Crippen LogP contribution in [0.3, 0.4) is 0 Å². The Hall–Kier alpha value is -3.78. The van der Waals surface area contributed by atoms with E-state index in [-0.39, 0.29) is 23.3 Å². The van der Waals surface area contributed by atoms with Gasteiger partial charge >= 0.3 is 5.97 Å². The van der Waals surface area contributed by atoms with E-state index in [1.807, 2.05) is 48.5 Å². The summed E-state index contributed by atoms with van der Waals surface area (Å²) in [6, 6.07) is 18.1. The topological polar surface area (TPSA) is 90.3 Å². The van der Waals surface area contributed by atoms with Crippen molar-refractivity contribution >= 4 is 45.2 Å². The van der Waals surface area contributed by atoms with Gasteiger partial charge in [-0.1, -0.05) is 59.9 Å². The van der Waals surface area contributed by atoms with Crippen LogP contribution >= 0.6 is 11.3 Å². The lowest BCUT2D eigenvalue weighted by Crippen LogP contribution is -2.19. The number of amides is 1. The highest BCUT2D eigenvalue weighted by atomic mass is 32.1. The summed E-state index contributed by atoms with van der Waals surface area (Å²) >= 11 is 1.03. The molecule has 0 aliphatic rings. The minimum atomic E-state index is -0.503. The first-order valence-electron chi connectivity index (χ1n) is 9.65. The molecule has 4 rings (SSSR count). The number of hydrogen-bond donors (Lipinski definition) is 1. The van der Waals surface area contributed by atoms with Gasteiger partial charge in [-0.05, 0) is 19.1 Å². The van der Waals surface area contributed by atoms with Gasteiger partial charge in [0.2, 0.25) is 5.91 Å². The Balaban J connectivity index is 1.72. The molecule has 0 aliphatic heterocycles. The highest BCUT2D eigenvalue weighted by molar-refractivity contribution is 7.18. The van der Waals surface area contributed by atoms with E-state index in [1.54, 1.807) is 19.1 Å². The molecular weight excluding hydrogens is 414 g/mol. The van der Waals surface area contributed by atoms with Crippen LogP contribution in [0.4, 0.5) is 5.13 Å². The van der Waals surface area contributed by atoms with Crippen molar-refractivity contribution in [1.29, 1.82) is 0 Å². The lowest BCUT2D eigenvalue weighted by molar-refractivity contribution is 0.0532. The number of thiazole rings is 1. The summed E-state index contributed by atoms with van der Waals surface area (Å²) in [5.41, 5.74) is 2.02. The highest BCUT2D eigenvalue weighted by Crippen LogP contribution is 2.32. The molecule has 0 atom stereocenters. The lowest BCUT2D eigenvalue weighted by atomic mass is 10.1. The molecule has 31 heavy (non-hydrogen) atoms. The van der Waals surface area contributed by atoms with Gasteiger partial charge in [-0.15, -0.1) is 0 Å². The predicted molar refractivity (Wildman–Crippen MR) is 120 cm³/mol. The quantitative estimate of drug-likeness (QED) is 0.454. The van der Waals surface area contributed by atoms with Gasteiger partial charge in [0.05, 0.1) is 17.8 Å². The average molecular weight is 433 g/mol. The third kappa shape index (κ3) is 3.97. The number of ether oxygens (including phenoxy) is 1. The van der Waals surface area contributed by atoms with Crippen molar-refractivity contribution in [3.05, 3.63) is 71.2 Å². The van der Waals surface area contributed by atoms with Crippen LogP contribution in [0.1, 0.15) is 38.8 Å². The van der Waals surface area contributed by atoms with Crippen LogP contribution in [0.15, 0.2) is 60.7 Å². The Bertz CT molecular complexity index is 1290. The summed E-state index contributed by atoms with van der Waals surface area (Å²) in [5, 5.41) is 3.75. The molecule has 2 aromatic heterocycles. The number of carbonyl (C=O) groups excluding carboxylic acids is 3. The number of esters is 1. The summed E-state index contributed by atoms with van der Waals surface area (Å²) in [6.45, 7) is 3.36. The van der Waals surface area contributed by atoms with Crippen molar-refractivity contribution in [2.45, 2.75) is 13.8 Å². The second kappa shape index (κ2) is 8.53. The zero-order valence-electron chi connectivity index (χ0n) is 16.9. The van der Waals surface area contributed by atoms with Crippen molar-refractivity contribution in [3.63, 3.8) is 0 Å². The largest absolute Gasteiger partial charge is 0.462 e. The zero-order chi connectivity index (χ0) is 22.0. The number of fused-ring (bicyclic) bond motifs is 1. The monoisotopic (exact) mass is 433 g/mol. The van der Waals surface area contributed by atoms with E-state index < -0.39 is 11.9 Å². The second-order valence-corrected chi connectivity index (χ2v) is 7.68. The molecule has 8 heteroatoms. The van der Waals surface area contributed by atoms with E-state index in [0.717, 1.165) is 22.3 Å². The molecule has 2 aromatic carbocycles. The second-order valence-electron chi connectivity index (χ2n) is 6.68. The summed E-state index contributed by atoms with van der Waals surface area (Å²) in [6.07, 6.45) is 0. The van der Waals surface area contributed by atoms with E-state index >= 15 is 0 Å². The maximum Gasteiger partial charge on any atom is 0.350 e. The molecule has 4 aromatic rings. The molecule has 0 saturated carbocycles. The maximum atomic E-state index is 13.0. The molecule has 0 bridgehead atoms. The van der Waals surface area contributed by atoms with Crippen LogP contribution in [0.5, 0.6) is 0 Å². The summed E-state index contributed by atoms with van der Waals surface area (Å²) in [5.74, 6) is -1.27. The third-order valence-electron chi connectivity index (χ3n) is 4.61. The minimum Gasteiger partial charge on any atom is -0.462 e. The van der Waals surface area contributed by atoms with Gasteiger partial charge in [-0.3, -0.25) is 19.5 Å². The molecule has 0 saturated heterocycles. The molecule has 156 valence electrons. The first-order chi connectivity index (χ1) is 15.0. The van der Waals surface area contributed by atoms with Crippen LogP contribution in [-0.4, -0.2) is 33.9 Å². The van der Waals surface area contributed by atoms with Gasteiger partial charge in [-0.2, -0.15) is 0 Å². The molecule has 0 aliphatic carbocycles. The number of rotatable bonds is 5. The van der Waals surface area contributed by atoms with Crippen molar-refractivity contribution in [3.8, 4) is 11.3 Å². The van der Waals surface area contributed by atoms with E-state index in [9.17, 15) is 14.4 Å². The van der Waals surface area contributed by atoms with Crippen LogP contribution < -0.4 is 5.32 Å². The third-order valence-corrected chi connectivity index (χ3v) is 5.56. The Morgan fingerprint density at radius 1 is 1.06 bits per heavy atom. The smallest absolute Gasteiger partial charge is 0.350 e. The van der Waals surface area contributed by atoms with Crippen molar-refractivity contribution in [2.24, 2.45) is 0 Å². The summed E-state index contributed by atoms with van der Waals surface area (Å²) < 4.78 is 6.52. The van der Waals surface area contributed by atoms with Gasteiger partial charge in [-0.25, -0.2) is 9.78 Å². The first kappa shape index (κ1) is 20.5. The van der Waals surface area contributed by atoms with E-state index in [1.165, 1.54) is 11.5 Å². The lowest BCUT2D eigenvalue weighted by Gasteiger charge is -2.06. The fourth-order valence-corrected chi connectivity index (χ4v) is 4.20. The number of benzene rings is 2. The Labute approximate surface area is 182 Å². The SMILES string of the molecule is CCOC(=O)c1sc(NC(=O)c2cc3ccccc3n2C(C)=O)nc1-c1ccccc1. The van der Waals surface area contributed by atoms with Crippen LogP contribution in [0.2, 0.25) is 0 Å². The van der Waals surface area contributed by atoms with E-state index in [2.05, 4.69) is 10.3 Å². The molecule has 0 radical (unpaired) electrons. The highest BCUT2D eigenvalue weighted by Gasteiger charge is 2.23. The van der Waals surface area contributed by atoms with Crippen molar-refractivity contribution < 1.29 is 19.1 Å². The normalized spacial score (nSPS) is 10.8.